The lowest BCUT2D eigenvalue weighted by Gasteiger charge is -2.13. The van der Waals surface area contributed by atoms with Gasteiger partial charge in [-0.1, -0.05) is 13.8 Å². The van der Waals surface area contributed by atoms with Crippen molar-refractivity contribution in [3.05, 3.63) is 0 Å². The first-order valence-electron chi connectivity index (χ1n) is 4.22. The fourth-order valence-corrected chi connectivity index (χ4v) is 0.925. The zero-order valence-electron chi connectivity index (χ0n) is 7.71. The highest BCUT2D eigenvalue weighted by Gasteiger charge is 2.13. The van der Waals surface area contributed by atoms with Gasteiger partial charge in [-0.05, 0) is 12.3 Å². The summed E-state index contributed by atoms with van der Waals surface area (Å²) >= 11 is 0. The lowest BCUT2D eigenvalue weighted by Crippen LogP contribution is -2.42. The number of amides is 1. The first-order valence-corrected chi connectivity index (χ1v) is 4.22. The van der Waals surface area contributed by atoms with Gasteiger partial charge in [-0.15, -0.1) is 0 Å². The Kier molecular flexibility index (Phi) is 5.66. The predicted octanol–water partition coefficient (Wildman–Crippen LogP) is -0.532. The average Bonchev–Trinajstić information content (AvgIpc) is 1.98. The molecule has 0 fully saturated rings. The van der Waals surface area contributed by atoms with E-state index in [1.807, 2.05) is 13.8 Å². The van der Waals surface area contributed by atoms with E-state index in [0.717, 1.165) is 0 Å². The van der Waals surface area contributed by atoms with Gasteiger partial charge in [-0.3, -0.25) is 4.79 Å². The van der Waals surface area contributed by atoms with Crippen LogP contribution in [0.3, 0.4) is 0 Å². The first kappa shape index (κ1) is 11.4. The minimum Gasteiger partial charge on any atom is -0.395 e. The first-order chi connectivity index (χ1) is 5.57. The zero-order chi connectivity index (χ0) is 9.56. The number of hydrogen-bond acceptors (Lipinski definition) is 3. The van der Waals surface area contributed by atoms with Crippen molar-refractivity contribution in [1.82, 2.24) is 5.32 Å². The Morgan fingerprint density at radius 3 is 2.58 bits per heavy atom. The van der Waals surface area contributed by atoms with Gasteiger partial charge < -0.3 is 16.2 Å². The minimum absolute atomic E-state index is 0.0415. The van der Waals surface area contributed by atoms with Gasteiger partial charge in [0.15, 0.2) is 0 Å². The molecule has 4 nitrogen and oxygen atoms in total. The summed E-state index contributed by atoms with van der Waals surface area (Å²) in [7, 11) is 0. The van der Waals surface area contributed by atoms with Crippen molar-refractivity contribution in [2.24, 2.45) is 11.7 Å². The molecule has 0 unspecified atom stereocenters. The number of carbonyl (C=O) groups excluding carboxylic acids is 1. The van der Waals surface area contributed by atoms with Crippen LogP contribution in [-0.4, -0.2) is 30.2 Å². The molecule has 0 heterocycles. The molecule has 0 bridgehead atoms. The smallest absolute Gasteiger partial charge is 0.237 e. The monoisotopic (exact) mass is 174 g/mol. The second-order valence-electron chi connectivity index (χ2n) is 3.25. The molecule has 0 saturated heterocycles. The van der Waals surface area contributed by atoms with Crippen LogP contribution in [0.25, 0.3) is 0 Å². The standard InChI is InChI=1S/C8H18N2O2/c1-6(2)5-7(9)8(12)10-3-4-11/h6-7,11H,3-5,9H2,1-2H3,(H,10,12)/t7-/m0/s1. The molecule has 0 aromatic carbocycles. The summed E-state index contributed by atoms with van der Waals surface area (Å²) in [5.74, 6) is 0.234. The molecule has 1 amide bonds. The summed E-state index contributed by atoms with van der Waals surface area (Å²) in [6.45, 7) is 4.27. The number of aliphatic hydroxyl groups excluding tert-OH is 1. The van der Waals surface area contributed by atoms with Crippen LogP contribution in [-0.2, 0) is 4.79 Å². The van der Waals surface area contributed by atoms with E-state index in [2.05, 4.69) is 5.32 Å². The van der Waals surface area contributed by atoms with Crippen molar-refractivity contribution >= 4 is 5.91 Å². The predicted molar refractivity (Wildman–Crippen MR) is 47.5 cm³/mol. The number of carbonyl (C=O) groups is 1. The lowest BCUT2D eigenvalue weighted by atomic mass is 10.0. The van der Waals surface area contributed by atoms with E-state index in [4.69, 9.17) is 10.8 Å². The Balaban J connectivity index is 3.61. The topological polar surface area (TPSA) is 75.4 Å². The second-order valence-corrected chi connectivity index (χ2v) is 3.25. The van der Waals surface area contributed by atoms with E-state index in [-0.39, 0.29) is 19.1 Å². The maximum absolute atomic E-state index is 11.1. The van der Waals surface area contributed by atoms with Crippen LogP contribution in [0.1, 0.15) is 20.3 Å². The third-order valence-electron chi connectivity index (χ3n) is 1.47. The van der Waals surface area contributed by atoms with Gasteiger partial charge in [0, 0.05) is 6.54 Å². The molecule has 0 aliphatic carbocycles. The Morgan fingerprint density at radius 2 is 2.17 bits per heavy atom. The van der Waals surface area contributed by atoms with E-state index >= 15 is 0 Å². The van der Waals surface area contributed by atoms with Crippen LogP contribution >= 0.6 is 0 Å². The van der Waals surface area contributed by atoms with Gasteiger partial charge in [-0.25, -0.2) is 0 Å². The number of aliphatic hydroxyl groups is 1. The fourth-order valence-electron chi connectivity index (χ4n) is 0.925. The number of rotatable bonds is 5. The number of nitrogens with one attached hydrogen (secondary N) is 1. The van der Waals surface area contributed by atoms with Gasteiger partial charge in [0.05, 0.1) is 12.6 Å². The molecule has 0 radical (unpaired) electrons. The molecule has 0 aromatic rings. The molecule has 12 heavy (non-hydrogen) atoms. The van der Waals surface area contributed by atoms with Crippen LogP contribution in [0, 0.1) is 5.92 Å². The van der Waals surface area contributed by atoms with E-state index in [9.17, 15) is 4.79 Å². The fraction of sp³-hybridized carbons (Fsp3) is 0.875. The van der Waals surface area contributed by atoms with Crippen LogP contribution in [0.15, 0.2) is 0 Å². The maximum atomic E-state index is 11.1. The van der Waals surface area contributed by atoms with E-state index in [1.165, 1.54) is 0 Å². The summed E-state index contributed by atoms with van der Waals surface area (Å²) < 4.78 is 0. The highest BCUT2D eigenvalue weighted by Crippen LogP contribution is 2.01. The molecule has 72 valence electrons. The summed E-state index contributed by atoms with van der Waals surface area (Å²) in [5.41, 5.74) is 5.57. The summed E-state index contributed by atoms with van der Waals surface area (Å²) in [6, 6.07) is -0.448. The average molecular weight is 174 g/mol. The van der Waals surface area contributed by atoms with Crippen molar-refractivity contribution in [2.75, 3.05) is 13.2 Å². The van der Waals surface area contributed by atoms with Crippen molar-refractivity contribution in [3.63, 3.8) is 0 Å². The summed E-state index contributed by atoms with van der Waals surface area (Å²) in [5, 5.41) is 10.9. The van der Waals surface area contributed by atoms with Gasteiger partial charge in [0.1, 0.15) is 0 Å². The van der Waals surface area contributed by atoms with Gasteiger partial charge in [0.2, 0.25) is 5.91 Å². The number of nitrogens with two attached hydrogens (primary N) is 1. The molecule has 0 aliphatic rings. The molecule has 0 aromatic heterocycles. The Labute approximate surface area is 73.1 Å². The molecule has 0 rings (SSSR count). The molecular formula is C8H18N2O2. The molecule has 1 atom stereocenters. The maximum Gasteiger partial charge on any atom is 0.237 e. The highest BCUT2D eigenvalue weighted by molar-refractivity contribution is 5.81. The third kappa shape index (κ3) is 5.09. The highest BCUT2D eigenvalue weighted by atomic mass is 16.3. The largest absolute Gasteiger partial charge is 0.395 e. The molecule has 0 spiro atoms. The van der Waals surface area contributed by atoms with Crippen molar-refractivity contribution in [3.8, 4) is 0 Å². The molecular weight excluding hydrogens is 156 g/mol. The normalized spacial score (nSPS) is 13.1. The number of hydrogen-bond donors (Lipinski definition) is 3. The molecule has 4 heteroatoms. The Hall–Kier alpha value is -0.610. The zero-order valence-corrected chi connectivity index (χ0v) is 7.71. The molecule has 0 aliphatic heterocycles. The summed E-state index contributed by atoms with van der Waals surface area (Å²) in [6.07, 6.45) is 0.678. The van der Waals surface area contributed by atoms with Crippen LogP contribution in [0.5, 0.6) is 0 Å². The SMILES string of the molecule is CC(C)C[C@H](N)C(=O)NCCO. The van der Waals surface area contributed by atoms with Crippen LogP contribution in [0.2, 0.25) is 0 Å². The van der Waals surface area contributed by atoms with E-state index < -0.39 is 6.04 Å². The summed E-state index contributed by atoms with van der Waals surface area (Å²) in [4.78, 5) is 11.1. The quantitative estimate of drug-likeness (QED) is 0.524. The van der Waals surface area contributed by atoms with Crippen LogP contribution in [0.4, 0.5) is 0 Å². The Morgan fingerprint density at radius 1 is 1.58 bits per heavy atom. The van der Waals surface area contributed by atoms with Crippen molar-refractivity contribution in [1.29, 1.82) is 0 Å². The van der Waals surface area contributed by atoms with Crippen molar-refractivity contribution < 1.29 is 9.90 Å². The minimum atomic E-state index is -0.448. The Bertz CT molecular complexity index is 137. The van der Waals surface area contributed by atoms with Crippen LogP contribution < -0.4 is 11.1 Å². The third-order valence-corrected chi connectivity index (χ3v) is 1.47. The molecule has 0 saturated carbocycles. The lowest BCUT2D eigenvalue weighted by molar-refractivity contribution is -0.122. The van der Waals surface area contributed by atoms with Crippen molar-refractivity contribution in [2.45, 2.75) is 26.3 Å². The van der Waals surface area contributed by atoms with Gasteiger partial charge in [0.25, 0.3) is 0 Å². The van der Waals surface area contributed by atoms with Gasteiger partial charge >= 0.3 is 0 Å². The second kappa shape index (κ2) is 5.97. The van der Waals surface area contributed by atoms with E-state index in [1.54, 1.807) is 0 Å². The van der Waals surface area contributed by atoms with Gasteiger partial charge in [-0.2, -0.15) is 0 Å². The molecule has 4 N–H and O–H groups in total. The van der Waals surface area contributed by atoms with E-state index in [0.29, 0.717) is 12.3 Å².